The first-order chi connectivity index (χ1) is 23.4. The number of anilines is 1. The van der Waals surface area contributed by atoms with Crippen LogP contribution in [0.1, 0.15) is 29.7 Å². The van der Waals surface area contributed by atoms with E-state index in [0.717, 1.165) is 21.9 Å². The van der Waals surface area contributed by atoms with Crippen LogP contribution in [0.4, 0.5) is 5.69 Å². The van der Waals surface area contributed by atoms with E-state index in [0.29, 0.717) is 55.0 Å². The van der Waals surface area contributed by atoms with Crippen molar-refractivity contribution in [2.24, 2.45) is 4.99 Å². The van der Waals surface area contributed by atoms with Gasteiger partial charge in [-0.1, -0.05) is 95.7 Å². The maximum Gasteiger partial charge on any atom is 0.271 e. The monoisotopic (exact) mass is 671 g/mol. The minimum atomic E-state index is -0.747. The number of fused-ring (bicyclic) bond motifs is 2. The SMILES string of the molecule is COc1cccc([C@H]2C(C(=O)Nc3ccccc3)=C(C)N=c3s/c(=C\c4cc(Cl)ccc4OCc4cccc5ccccc45)c(=O)n32)c1. The standard InChI is InChI=1S/C39H30ClN3O4S/c1-24-35(37(44)42-30-14-4-3-5-15-30)36(26-12-9-16-31(21-26)46-2)43-38(45)34(48-39(43)41-24)22-28-20-29(40)18-19-33(28)47-23-27-13-8-11-25-10-6-7-17-32(25)27/h3-22,36H,23H2,1-2H3,(H,42,44)/b34-22-/t36-/m0/s1. The summed E-state index contributed by atoms with van der Waals surface area (Å²) >= 11 is 7.70. The van der Waals surface area contributed by atoms with Crippen LogP contribution in [-0.4, -0.2) is 17.6 Å². The Morgan fingerprint density at radius 1 is 0.958 bits per heavy atom. The van der Waals surface area contributed by atoms with Gasteiger partial charge in [0.05, 0.1) is 29.0 Å². The van der Waals surface area contributed by atoms with Crippen molar-refractivity contribution >= 4 is 51.4 Å². The van der Waals surface area contributed by atoms with Gasteiger partial charge in [0.25, 0.3) is 11.5 Å². The molecule has 0 saturated heterocycles. The first kappa shape index (κ1) is 31.2. The van der Waals surface area contributed by atoms with Crippen LogP contribution in [0.5, 0.6) is 11.5 Å². The summed E-state index contributed by atoms with van der Waals surface area (Å²) in [6.07, 6.45) is 1.78. The number of nitrogens with one attached hydrogen (secondary N) is 1. The van der Waals surface area contributed by atoms with Gasteiger partial charge in [-0.25, -0.2) is 4.99 Å². The van der Waals surface area contributed by atoms with Crippen LogP contribution in [0.25, 0.3) is 16.8 Å². The highest BCUT2D eigenvalue weighted by molar-refractivity contribution is 7.07. The zero-order valence-corrected chi connectivity index (χ0v) is 27.7. The van der Waals surface area contributed by atoms with Gasteiger partial charge in [-0.3, -0.25) is 14.2 Å². The molecule has 1 aromatic heterocycles. The molecule has 1 aliphatic heterocycles. The quantitative estimate of drug-likeness (QED) is 0.185. The molecule has 9 heteroatoms. The Bertz CT molecular complexity index is 2390. The number of halogens is 1. The lowest BCUT2D eigenvalue weighted by Crippen LogP contribution is -2.40. The van der Waals surface area contributed by atoms with E-state index >= 15 is 0 Å². The number of aromatic nitrogens is 1. The lowest BCUT2D eigenvalue weighted by atomic mass is 9.95. The predicted octanol–water partition coefficient (Wildman–Crippen LogP) is 7.27. The first-order valence-corrected chi connectivity index (χ1v) is 16.5. The summed E-state index contributed by atoms with van der Waals surface area (Å²) in [6, 6.07) is 35.5. The predicted molar refractivity (Wildman–Crippen MR) is 192 cm³/mol. The minimum Gasteiger partial charge on any atom is -0.497 e. The molecule has 7 nitrogen and oxygen atoms in total. The highest BCUT2D eigenvalue weighted by Gasteiger charge is 2.33. The average molecular weight is 672 g/mol. The van der Waals surface area contributed by atoms with Gasteiger partial charge >= 0.3 is 0 Å². The summed E-state index contributed by atoms with van der Waals surface area (Å²) in [5.74, 6) is 0.851. The van der Waals surface area contributed by atoms with Crippen LogP contribution >= 0.6 is 22.9 Å². The topological polar surface area (TPSA) is 81.9 Å². The number of allylic oxidation sites excluding steroid dienone is 1. The zero-order valence-electron chi connectivity index (χ0n) is 26.1. The molecule has 0 fully saturated rings. The third kappa shape index (κ3) is 6.15. The number of benzene rings is 5. The summed E-state index contributed by atoms with van der Waals surface area (Å²) < 4.78 is 13.9. The summed E-state index contributed by atoms with van der Waals surface area (Å²) in [4.78, 5) is 33.5. The molecule has 1 amide bonds. The molecule has 1 atom stereocenters. The normalized spacial score (nSPS) is 14.4. The summed E-state index contributed by atoms with van der Waals surface area (Å²) in [5, 5.41) is 5.74. The van der Waals surface area contributed by atoms with E-state index in [-0.39, 0.29) is 11.5 Å². The molecule has 0 bridgehead atoms. The van der Waals surface area contributed by atoms with Crippen LogP contribution in [0.3, 0.4) is 0 Å². The van der Waals surface area contributed by atoms with E-state index in [9.17, 15) is 9.59 Å². The number of methoxy groups -OCH3 is 1. The Morgan fingerprint density at radius 3 is 2.56 bits per heavy atom. The number of rotatable bonds is 8. The molecule has 0 saturated carbocycles. The van der Waals surface area contributed by atoms with Crippen LogP contribution in [0.15, 0.2) is 136 Å². The molecule has 1 aliphatic rings. The Morgan fingerprint density at radius 2 is 1.73 bits per heavy atom. The largest absolute Gasteiger partial charge is 0.497 e. The number of para-hydroxylation sites is 1. The highest BCUT2D eigenvalue weighted by Crippen LogP contribution is 2.33. The van der Waals surface area contributed by atoms with E-state index in [1.165, 1.54) is 11.3 Å². The molecule has 0 spiro atoms. The fraction of sp³-hybridized carbons (Fsp3) is 0.103. The lowest BCUT2D eigenvalue weighted by Gasteiger charge is -2.25. The number of ether oxygens (including phenoxy) is 2. The number of nitrogens with zero attached hydrogens (tertiary/aromatic N) is 2. The van der Waals surface area contributed by atoms with Gasteiger partial charge in [0.2, 0.25) is 0 Å². The van der Waals surface area contributed by atoms with Gasteiger partial charge in [-0.15, -0.1) is 0 Å². The zero-order chi connectivity index (χ0) is 33.2. The van der Waals surface area contributed by atoms with Gasteiger partial charge < -0.3 is 14.8 Å². The molecule has 6 aromatic rings. The van der Waals surface area contributed by atoms with Crippen molar-refractivity contribution in [1.82, 2.24) is 4.57 Å². The van der Waals surface area contributed by atoms with Crippen molar-refractivity contribution in [2.75, 3.05) is 12.4 Å². The van der Waals surface area contributed by atoms with Crippen LogP contribution < -0.4 is 29.7 Å². The second kappa shape index (κ2) is 13.4. The number of amides is 1. The van der Waals surface area contributed by atoms with Crippen molar-refractivity contribution in [1.29, 1.82) is 0 Å². The Balaban J connectivity index is 1.31. The number of carbonyl (C=O) groups is 1. The lowest BCUT2D eigenvalue weighted by molar-refractivity contribution is -0.113. The van der Waals surface area contributed by atoms with E-state index < -0.39 is 6.04 Å². The van der Waals surface area contributed by atoms with Crippen LogP contribution in [-0.2, 0) is 11.4 Å². The van der Waals surface area contributed by atoms with Gasteiger partial charge in [0.1, 0.15) is 18.1 Å². The van der Waals surface area contributed by atoms with E-state index in [2.05, 4.69) is 23.5 Å². The average Bonchev–Trinajstić information content (AvgIpc) is 3.41. The third-order valence-corrected chi connectivity index (χ3v) is 9.45. The van der Waals surface area contributed by atoms with Crippen molar-refractivity contribution in [3.05, 3.63) is 168 Å². The molecule has 238 valence electrons. The summed E-state index contributed by atoms with van der Waals surface area (Å²) in [7, 11) is 1.58. The van der Waals surface area contributed by atoms with Gasteiger partial charge in [-0.05, 0) is 77.4 Å². The Labute approximate surface area is 285 Å². The number of carbonyl (C=O) groups excluding carboxylic acids is 1. The maximum atomic E-state index is 14.3. The van der Waals surface area contributed by atoms with Crippen molar-refractivity contribution in [2.45, 2.75) is 19.6 Å². The summed E-state index contributed by atoms with van der Waals surface area (Å²) in [6.45, 7) is 2.13. The smallest absolute Gasteiger partial charge is 0.271 e. The van der Waals surface area contributed by atoms with E-state index in [4.69, 9.17) is 26.1 Å². The highest BCUT2D eigenvalue weighted by atomic mass is 35.5. The molecule has 0 unspecified atom stereocenters. The molecule has 0 aliphatic carbocycles. The van der Waals surface area contributed by atoms with Crippen LogP contribution in [0.2, 0.25) is 5.02 Å². The maximum absolute atomic E-state index is 14.3. The Hall–Kier alpha value is -5.44. The van der Waals surface area contributed by atoms with Gasteiger partial charge in [-0.2, -0.15) is 0 Å². The Kier molecular flexibility index (Phi) is 8.67. The number of hydrogen-bond donors (Lipinski definition) is 1. The fourth-order valence-corrected chi connectivity index (χ4v) is 7.16. The van der Waals surface area contributed by atoms with Crippen molar-refractivity contribution in [3.63, 3.8) is 0 Å². The van der Waals surface area contributed by atoms with E-state index in [1.54, 1.807) is 36.8 Å². The molecule has 7 rings (SSSR count). The van der Waals surface area contributed by atoms with Crippen molar-refractivity contribution in [3.8, 4) is 11.5 Å². The van der Waals surface area contributed by atoms with Crippen LogP contribution in [0, 0.1) is 0 Å². The molecule has 2 heterocycles. The second-order valence-corrected chi connectivity index (χ2v) is 12.7. The third-order valence-electron chi connectivity index (χ3n) is 8.23. The number of thiazole rings is 1. The molecular weight excluding hydrogens is 642 g/mol. The molecular formula is C39H30ClN3O4S. The van der Waals surface area contributed by atoms with Gasteiger partial charge in [0, 0.05) is 16.3 Å². The molecule has 0 radical (unpaired) electrons. The molecule has 5 aromatic carbocycles. The minimum absolute atomic E-state index is 0.288. The fourth-order valence-electron chi connectivity index (χ4n) is 5.94. The molecule has 48 heavy (non-hydrogen) atoms. The van der Waals surface area contributed by atoms with Crippen molar-refractivity contribution < 1.29 is 14.3 Å². The van der Waals surface area contributed by atoms with Gasteiger partial charge in [0.15, 0.2) is 4.80 Å². The number of hydrogen-bond acceptors (Lipinski definition) is 6. The summed E-state index contributed by atoms with van der Waals surface area (Å²) in [5.41, 5.74) is 3.66. The van der Waals surface area contributed by atoms with E-state index in [1.807, 2.05) is 84.9 Å². The molecule has 1 N–H and O–H groups in total. The first-order valence-electron chi connectivity index (χ1n) is 15.3. The second-order valence-electron chi connectivity index (χ2n) is 11.3.